The fourth-order valence-electron chi connectivity index (χ4n) is 1.82. The van der Waals surface area contributed by atoms with Gasteiger partial charge in [-0.15, -0.1) is 0 Å². The maximum absolute atomic E-state index is 5.74. The summed E-state index contributed by atoms with van der Waals surface area (Å²) in [5.74, 6) is 0.848. The zero-order valence-electron chi connectivity index (χ0n) is 11.0. The summed E-state index contributed by atoms with van der Waals surface area (Å²) < 4.78 is 6.09. The molecule has 5 heteroatoms. The zero-order chi connectivity index (χ0) is 14.5. The molecule has 0 aliphatic heterocycles. The van der Waals surface area contributed by atoms with Crippen molar-refractivity contribution in [1.82, 2.24) is 0 Å². The first-order chi connectivity index (χ1) is 9.60. The number of thiocarbonyl (C=S) groups is 1. The molecule has 104 valence electrons. The highest BCUT2D eigenvalue weighted by Crippen LogP contribution is 2.22. The lowest BCUT2D eigenvalue weighted by Gasteiger charge is -2.12. The number of hydrogen-bond acceptors (Lipinski definition) is 3. The van der Waals surface area contributed by atoms with E-state index in [2.05, 4.69) is 21.2 Å². The van der Waals surface area contributed by atoms with Gasteiger partial charge in [0.05, 0.1) is 7.11 Å². The average Bonchev–Trinajstić information content (AvgIpc) is 2.46. The molecule has 3 N–H and O–H groups in total. The molecule has 0 saturated carbocycles. The van der Waals surface area contributed by atoms with Crippen LogP contribution in [0.25, 0.3) is 0 Å². The molecule has 0 bridgehead atoms. The van der Waals surface area contributed by atoms with E-state index in [9.17, 15) is 0 Å². The molecule has 0 aliphatic carbocycles. The molecule has 0 aliphatic rings. The van der Waals surface area contributed by atoms with Crippen LogP contribution in [0.2, 0.25) is 0 Å². The minimum Gasteiger partial charge on any atom is -0.497 e. The van der Waals surface area contributed by atoms with Gasteiger partial charge in [-0.25, -0.2) is 0 Å². The third-order valence-electron chi connectivity index (χ3n) is 2.89. The summed E-state index contributed by atoms with van der Waals surface area (Å²) in [5, 5.41) is 3.35. The van der Waals surface area contributed by atoms with Crippen LogP contribution in [-0.4, -0.2) is 12.1 Å². The van der Waals surface area contributed by atoms with E-state index < -0.39 is 0 Å². The molecule has 0 fully saturated rings. The van der Waals surface area contributed by atoms with Crippen LogP contribution in [-0.2, 0) is 6.54 Å². The lowest BCUT2D eigenvalue weighted by molar-refractivity contribution is 0.414. The smallest absolute Gasteiger partial charge is 0.118 e. The number of nitrogens with one attached hydrogen (secondary N) is 1. The molecule has 0 saturated heterocycles. The molecule has 0 heterocycles. The highest BCUT2D eigenvalue weighted by atomic mass is 79.9. The average molecular weight is 351 g/mol. The van der Waals surface area contributed by atoms with Crippen molar-refractivity contribution < 1.29 is 4.74 Å². The number of halogens is 1. The van der Waals surface area contributed by atoms with Crippen LogP contribution < -0.4 is 15.8 Å². The van der Waals surface area contributed by atoms with Crippen molar-refractivity contribution in [2.45, 2.75) is 6.54 Å². The van der Waals surface area contributed by atoms with Gasteiger partial charge >= 0.3 is 0 Å². The Balaban J connectivity index is 2.12. The number of benzene rings is 2. The second-order valence-corrected chi connectivity index (χ2v) is 5.61. The van der Waals surface area contributed by atoms with Gasteiger partial charge in [0.25, 0.3) is 0 Å². The van der Waals surface area contributed by atoms with Gasteiger partial charge in [0.2, 0.25) is 0 Å². The van der Waals surface area contributed by atoms with Crippen LogP contribution >= 0.6 is 28.1 Å². The second kappa shape index (κ2) is 6.72. The van der Waals surface area contributed by atoms with Crippen molar-refractivity contribution in [3.05, 3.63) is 58.1 Å². The third kappa shape index (κ3) is 3.71. The van der Waals surface area contributed by atoms with E-state index in [4.69, 9.17) is 22.7 Å². The minimum absolute atomic E-state index is 0.378. The standard InChI is InChI=1S/C15H15BrN2OS/c1-19-12-5-2-10(3-6-12)9-18-14-7-4-11(16)8-13(14)15(17)20/h2-8,18H,9H2,1H3,(H2,17,20). The number of rotatable bonds is 5. The molecule has 0 unspecified atom stereocenters. The lowest BCUT2D eigenvalue weighted by atomic mass is 10.1. The summed E-state index contributed by atoms with van der Waals surface area (Å²) in [6.07, 6.45) is 0. The van der Waals surface area contributed by atoms with Gasteiger partial charge in [0, 0.05) is 22.3 Å². The second-order valence-electron chi connectivity index (χ2n) is 4.26. The molecular formula is C15H15BrN2OS. The van der Waals surface area contributed by atoms with E-state index in [0.717, 1.165) is 27.0 Å². The molecule has 2 rings (SSSR count). The summed E-state index contributed by atoms with van der Waals surface area (Å²) in [6, 6.07) is 13.7. The van der Waals surface area contributed by atoms with Gasteiger partial charge in [0.1, 0.15) is 10.7 Å². The van der Waals surface area contributed by atoms with E-state index in [-0.39, 0.29) is 0 Å². The van der Waals surface area contributed by atoms with E-state index in [1.165, 1.54) is 0 Å². The van der Waals surface area contributed by atoms with E-state index >= 15 is 0 Å². The van der Waals surface area contributed by atoms with Crippen LogP contribution in [0.1, 0.15) is 11.1 Å². The predicted molar refractivity (Wildman–Crippen MR) is 90.4 cm³/mol. The lowest BCUT2D eigenvalue weighted by Crippen LogP contribution is -2.13. The fourth-order valence-corrected chi connectivity index (χ4v) is 2.35. The summed E-state index contributed by atoms with van der Waals surface area (Å²) in [5.41, 5.74) is 8.66. The molecule has 0 radical (unpaired) electrons. The Hall–Kier alpha value is -1.59. The monoisotopic (exact) mass is 350 g/mol. The van der Waals surface area contributed by atoms with Crippen LogP contribution in [0.3, 0.4) is 0 Å². The summed E-state index contributed by atoms with van der Waals surface area (Å²) in [7, 11) is 1.66. The van der Waals surface area contributed by atoms with Crippen molar-refractivity contribution in [3.63, 3.8) is 0 Å². The zero-order valence-corrected chi connectivity index (χ0v) is 13.4. The van der Waals surface area contributed by atoms with Crippen LogP contribution in [0.4, 0.5) is 5.69 Å². The number of nitrogens with two attached hydrogens (primary N) is 1. The summed E-state index contributed by atoms with van der Waals surface area (Å²) in [4.78, 5) is 0.378. The van der Waals surface area contributed by atoms with Gasteiger partial charge in [-0.3, -0.25) is 0 Å². The normalized spacial score (nSPS) is 10.1. The Morgan fingerprint density at radius 3 is 2.55 bits per heavy atom. The Kier molecular flexibility index (Phi) is 4.98. The summed E-state index contributed by atoms with van der Waals surface area (Å²) in [6.45, 7) is 0.696. The SMILES string of the molecule is COc1ccc(CNc2ccc(Br)cc2C(N)=S)cc1. The number of hydrogen-bond donors (Lipinski definition) is 2. The Bertz CT molecular complexity index is 614. The van der Waals surface area contributed by atoms with Gasteiger partial charge < -0.3 is 15.8 Å². The van der Waals surface area contributed by atoms with Crippen LogP contribution in [0, 0.1) is 0 Å². The van der Waals surface area contributed by atoms with E-state index in [1.807, 2.05) is 42.5 Å². The van der Waals surface area contributed by atoms with Gasteiger partial charge in [-0.2, -0.15) is 0 Å². The Morgan fingerprint density at radius 2 is 1.95 bits per heavy atom. The third-order valence-corrected chi connectivity index (χ3v) is 3.60. The van der Waals surface area contributed by atoms with Crippen molar-refractivity contribution in [1.29, 1.82) is 0 Å². The van der Waals surface area contributed by atoms with E-state index in [1.54, 1.807) is 7.11 Å². The summed E-state index contributed by atoms with van der Waals surface area (Å²) >= 11 is 8.49. The minimum atomic E-state index is 0.378. The molecule has 3 nitrogen and oxygen atoms in total. The largest absolute Gasteiger partial charge is 0.497 e. The molecule has 0 amide bonds. The Labute approximate surface area is 132 Å². The predicted octanol–water partition coefficient (Wildman–Crippen LogP) is 3.70. The molecular weight excluding hydrogens is 336 g/mol. The first-order valence-electron chi connectivity index (χ1n) is 6.06. The highest BCUT2D eigenvalue weighted by molar-refractivity contribution is 9.10. The molecule has 0 aromatic heterocycles. The Morgan fingerprint density at radius 1 is 1.25 bits per heavy atom. The number of anilines is 1. The van der Waals surface area contributed by atoms with Crippen molar-refractivity contribution in [2.75, 3.05) is 12.4 Å². The van der Waals surface area contributed by atoms with Crippen molar-refractivity contribution >= 4 is 38.8 Å². The van der Waals surface area contributed by atoms with Crippen LogP contribution in [0.15, 0.2) is 46.9 Å². The van der Waals surface area contributed by atoms with Gasteiger partial charge in [-0.1, -0.05) is 40.3 Å². The van der Waals surface area contributed by atoms with Crippen molar-refractivity contribution in [2.24, 2.45) is 5.73 Å². The number of methoxy groups -OCH3 is 1. The maximum Gasteiger partial charge on any atom is 0.118 e. The molecule has 2 aromatic carbocycles. The highest BCUT2D eigenvalue weighted by Gasteiger charge is 2.06. The first-order valence-corrected chi connectivity index (χ1v) is 7.26. The van der Waals surface area contributed by atoms with E-state index in [0.29, 0.717) is 11.5 Å². The quantitative estimate of drug-likeness (QED) is 0.807. The topological polar surface area (TPSA) is 47.3 Å². The molecule has 0 spiro atoms. The molecule has 0 atom stereocenters. The molecule has 20 heavy (non-hydrogen) atoms. The van der Waals surface area contributed by atoms with Crippen molar-refractivity contribution in [3.8, 4) is 5.75 Å². The molecule has 2 aromatic rings. The van der Waals surface area contributed by atoms with Gasteiger partial charge in [-0.05, 0) is 35.9 Å². The maximum atomic E-state index is 5.74. The van der Waals surface area contributed by atoms with Gasteiger partial charge in [0.15, 0.2) is 0 Å². The van der Waals surface area contributed by atoms with Crippen LogP contribution in [0.5, 0.6) is 5.75 Å². The number of ether oxygens (including phenoxy) is 1. The first kappa shape index (κ1) is 14.8. The fraction of sp³-hybridized carbons (Fsp3) is 0.133.